The molecule has 2 aromatic heterocycles. The predicted octanol–water partition coefficient (Wildman–Crippen LogP) is 4.69. The summed E-state index contributed by atoms with van der Waals surface area (Å²) >= 11 is 0. The minimum absolute atomic E-state index is 0.585. The van der Waals surface area contributed by atoms with Crippen LogP contribution in [0.3, 0.4) is 0 Å². The first-order valence-electron chi connectivity index (χ1n) is 8.50. The molecule has 0 atom stereocenters. The van der Waals surface area contributed by atoms with Crippen molar-refractivity contribution >= 4 is 27.6 Å². The lowest BCUT2D eigenvalue weighted by molar-refractivity contribution is 0.651. The monoisotopic (exact) mass is 313 g/mol. The first-order valence-corrected chi connectivity index (χ1v) is 8.50. The fourth-order valence-corrected chi connectivity index (χ4v) is 4.04. The Balaban J connectivity index is 1.96. The Labute approximate surface area is 140 Å². The van der Waals surface area contributed by atoms with Crippen LogP contribution in [0.5, 0.6) is 0 Å². The van der Waals surface area contributed by atoms with Crippen LogP contribution in [-0.4, -0.2) is 9.55 Å². The maximum Gasteiger partial charge on any atom is 0.124 e. The van der Waals surface area contributed by atoms with Crippen LogP contribution in [0.15, 0.2) is 48.5 Å². The lowest BCUT2D eigenvalue weighted by atomic mass is 10.0. The van der Waals surface area contributed by atoms with Crippen LogP contribution < -0.4 is 5.73 Å². The smallest absolute Gasteiger partial charge is 0.124 e. The topological polar surface area (TPSA) is 43.8 Å². The molecule has 1 aliphatic heterocycles. The van der Waals surface area contributed by atoms with E-state index in [4.69, 9.17) is 10.7 Å². The number of aromatic nitrogens is 2. The zero-order valence-corrected chi connectivity index (χ0v) is 13.7. The van der Waals surface area contributed by atoms with Crippen LogP contribution in [0.25, 0.3) is 33.1 Å². The van der Waals surface area contributed by atoms with E-state index in [2.05, 4.69) is 54.0 Å². The van der Waals surface area contributed by atoms with Gasteiger partial charge in [-0.1, -0.05) is 48.0 Å². The number of hydrogen-bond donors (Lipinski definition) is 1. The minimum Gasteiger partial charge on any atom is -0.384 e. The van der Waals surface area contributed by atoms with Gasteiger partial charge in [-0.05, 0) is 31.4 Å². The van der Waals surface area contributed by atoms with Crippen molar-refractivity contribution in [3.05, 3.63) is 59.7 Å². The Morgan fingerprint density at radius 2 is 1.83 bits per heavy atom. The number of fused-ring (bicyclic) bond motifs is 3. The minimum atomic E-state index is 0.585. The summed E-state index contributed by atoms with van der Waals surface area (Å²) in [6.07, 6.45) is 2.32. The summed E-state index contributed by atoms with van der Waals surface area (Å²) in [4.78, 5) is 4.72. The van der Waals surface area contributed by atoms with E-state index in [0.29, 0.717) is 5.82 Å². The normalized spacial score (nSPS) is 13.7. The second-order valence-electron chi connectivity index (χ2n) is 6.73. The van der Waals surface area contributed by atoms with Gasteiger partial charge >= 0.3 is 0 Å². The van der Waals surface area contributed by atoms with E-state index in [1.807, 2.05) is 6.07 Å². The van der Waals surface area contributed by atoms with Crippen LogP contribution >= 0.6 is 0 Å². The van der Waals surface area contributed by atoms with Gasteiger partial charge in [-0.25, -0.2) is 4.98 Å². The maximum atomic E-state index is 6.17. The van der Waals surface area contributed by atoms with Crippen LogP contribution in [0.1, 0.15) is 17.5 Å². The zero-order valence-electron chi connectivity index (χ0n) is 13.7. The van der Waals surface area contributed by atoms with E-state index in [1.165, 1.54) is 39.4 Å². The Bertz CT molecular complexity index is 1090. The Kier molecular flexibility index (Phi) is 2.75. The molecule has 5 rings (SSSR count). The second kappa shape index (κ2) is 4.84. The van der Waals surface area contributed by atoms with Crippen molar-refractivity contribution in [1.29, 1.82) is 0 Å². The van der Waals surface area contributed by atoms with Gasteiger partial charge in [0.2, 0.25) is 0 Å². The molecule has 1 aliphatic rings. The molecule has 0 bridgehead atoms. The molecule has 3 heteroatoms. The highest BCUT2D eigenvalue weighted by molar-refractivity contribution is 6.13. The number of hydrogen-bond acceptors (Lipinski definition) is 2. The van der Waals surface area contributed by atoms with Gasteiger partial charge in [0.25, 0.3) is 0 Å². The van der Waals surface area contributed by atoms with Gasteiger partial charge in [0, 0.05) is 22.9 Å². The summed E-state index contributed by atoms with van der Waals surface area (Å²) in [5, 5.41) is 2.52. The number of nitrogens with two attached hydrogens (primary N) is 1. The van der Waals surface area contributed by atoms with E-state index >= 15 is 0 Å². The highest BCUT2D eigenvalue weighted by Gasteiger charge is 2.21. The third kappa shape index (κ3) is 1.81. The van der Waals surface area contributed by atoms with Gasteiger partial charge in [-0.15, -0.1) is 0 Å². The van der Waals surface area contributed by atoms with E-state index in [-0.39, 0.29) is 0 Å². The number of aryl methyl sites for hydroxylation is 3. The van der Waals surface area contributed by atoms with Crippen LogP contribution in [0.2, 0.25) is 0 Å². The fraction of sp³-hybridized carbons (Fsp3) is 0.190. The Hall–Kier alpha value is -2.81. The van der Waals surface area contributed by atoms with Gasteiger partial charge in [0.1, 0.15) is 5.82 Å². The predicted molar refractivity (Wildman–Crippen MR) is 100 cm³/mol. The molecule has 0 aliphatic carbocycles. The first-order chi connectivity index (χ1) is 11.7. The molecule has 0 radical (unpaired) electrons. The fourth-order valence-electron chi connectivity index (χ4n) is 4.04. The zero-order chi connectivity index (χ0) is 16.3. The van der Waals surface area contributed by atoms with Gasteiger partial charge in [0.15, 0.2) is 0 Å². The standard InChI is InChI=1S/C21H19N3/c1-13-7-9-14(10-8-13)19-21-17(12-18(22)23-19)16-6-2-4-15-5-3-11-24(21)20(15)16/h2,4,6-10,12H,3,5,11H2,1H3,(H2,22,23). The highest BCUT2D eigenvalue weighted by Crippen LogP contribution is 2.39. The van der Waals surface area contributed by atoms with Crippen molar-refractivity contribution in [1.82, 2.24) is 9.55 Å². The van der Waals surface area contributed by atoms with Crippen molar-refractivity contribution in [2.24, 2.45) is 0 Å². The number of nitrogens with zero attached hydrogens (tertiary/aromatic N) is 2. The van der Waals surface area contributed by atoms with E-state index in [1.54, 1.807) is 0 Å². The third-order valence-corrected chi connectivity index (χ3v) is 5.11. The summed E-state index contributed by atoms with van der Waals surface area (Å²) < 4.78 is 2.45. The van der Waals surface area contributed by atoms with Crippen molar-refractivity contribution in [2.75, 3.05) is 5.73 Å². The molecule has 24 heavy (non-hydrogen) atoms. The molecule has 0 unspecified atom stereocenters. The van der Waals surface area contributed by atoms with Crippen molar-refractivity contribution < 1.29 is 0 Å². The summed E-state index contributed by atoms with van der Waals surface area (Å²) in [7, 11) is 0. The van der Waals surface area contributed by atoms with E-state index < -0.39 is 0 Å². The molecule has 2 N–H and O–H groups in total. The molecule has 3 nitrogen and oxygen atoms in total. The molecular formula is C21H19N3. The number of rotatable bonds is 1. The van der Waals surface area contributed by atoms with Crippen LogP contribution in [-0.2, 0) is 13.0 Å². The molecule has 0 spiro atoms. The molecule has 0 fully saturated rings. The van der Waals surface area contributed by atoms with Gasteiger partial charge in [-0.2, -0.15) is 0 Å². The highest BCUT2D eigenvalue weighted by atomic mass is 15.0. The molecule has 118 valence electrons. The average Bonchev–Trinajstić information content (AvgIpc) is 2.91. The first kappa shape index (κ1) is 13.6. The number of para-hydroxylation sites is 1. The molecule has 0 saturated carbocycles. The number of benzene rings is 2. The second-order valence-corrected chi connectivity index (χ2v) is 6.73. The third-order valence-electron chi connectivity index (χ3n) is 5.11. The van der Waals surface area contributed by atoms with Gasteiger partial charge < -0.3 is 10.3 Å². The lowest BCUT2D eigenvalue weighted by Crippen LogP contribution is -2.08. The molecule has 0 amide bonds. The van der Waals surface area contributed by atoms with E-state index in [9.17, 15) is 0 Å². The molecule has 4 aromatic rings. The largest absolute Gasteiger partial charge is 0.384 e. The van der Waals surface area contributed by atoms with Gasteiger partial charge in [0.05, 0.1) is 16.7 Å². The summed E-state index contributed by atoms with van der Waals surface area (Å²) in [5.74, 6) is 0.585. The van der Waals surface area contributed by atoms with Gasteiger partial charge in [-0.3, -0.25) is 0 Å². The Morgan fingerprint density at radius 1 is 1.00 bits per heavy atom. The Morgan fingerprint density at radius 3 is 2.67 bits per heavy atom. The summed E-state index contributed by atoms with van der Waals surface area (Å²) in [6.45, 7) is 3.15. The van der Waals surface area contributed by atoms with E-state index in [0.717, 1.165) is 24.2 Å². The quantitative estimate of drug-likeness (QED) is 0.554. The van der Waals surface area contributed by atoms with Crippen molar-refractivity contribution in [2.45, 2.75) is 26.3 Å². The SMILES string of the molecule is Cc1ccc(-c2nc(N)cc3c4cccc5c4n(c23)CCC5)cc1. The average molecular weight is 313 g/mol. The molecular weight excluding hydrogens is 294 g/mol. The maximum absolute atomic E-state index is 6.17. The van der Waals surface area contributed by atoms with Crippen LogP contribution in [0, 0.1) is 6.92 Å². The summed E-state index contributed by atoms with van der Waals surface area (Å²) in [5.41, 5.74) is 13.6. The molecule has 2 aromatic carbocycles. The molecule has 0 saturated heterocycles. The number of pyridine rings is 1. The lowest BCUT2D eigenvalue weighted by Gasteiger charge is -2.17. The van der Waals surface area contributed by atoms with Crippen molar-refractivity contribution in [3.63, 3.8) is 0 Å². The van der Waals surface area contributed by atoms with Crippen LogP contribution in [0.4, 0.5) is 5.82 Å². The summed E-state index contributed by atoms with van der Waals surface area (Å²) in [6, 6.07) is 17.2. The number of anilines is 1. The number of nitrogen functional groups attached to an aromatic ring is 1. The molecule has 3 heterocycles. The van der Waals surface area contributed by atoms with Crippen molar-refractivity contribution in [3.8, 4) is 11.3 Å².